The maximum atomic E-state index is 10.7. The predicted molar refractivity (Wildman–Crippen MR) is 63.6 cm³/mol. The summed E-state index contributed by atoms with van der Waals surface area (Å²) < 4.78 is 12.7. The molecule has 0 bridgehead atoms. The fourth-order valence-electron chi connectivity index (χ4n) is 1.88. The molecule has 2 atom stereocenters. The highest BCUT2D eigenvalue weighted by atomic mass is 16.6. The third-order valence-electron chi connectivity index (χ3n) is 2.93. The van der Waals surface area contributed by atoms with E-state index in [1.807, 2.05) is 24.7 Å². The summed E-state index contributed by atoms with van der Waals surface area (Å²) in [5.41, 5.74) is 0. The fraction of sp³-hybridized carbons (Fsp3) is 0.667. The van der Waals surface area contributed by atoms with Crippen LogP contribution in [-0.4, -0.2) is 39.7 Å². The van der Waals surface area contributed by atoms with Crippen LogP contribution >= 0.6 is 0 Å². The molecule has 2 rings (SSSR count). The number of aliphatic carboxylic acids is 1. The molecule has 0 aliphatic carbocycles. The number of carboxylic acids is 1. The quantitative estimate of drug-likeness (QED) is 0.861. The Kier molecular flexibility index (Phi) is 3.86. The monoisotopic (exact) mass is 254 g/mol. The zero-order chi connectivity index (χ0) is 13.1. The van der Waals surface area contributed by atoms with Crippen LogP contribution in [-0.2, 0) is 9.53 Å². The van der Waals surface area contributed by atoms with E-state index >= 15 is 0 Å². The molecule has 0 aromatic carbocycles. The van der Waals surface area contributed by atoms with E-state index in [1.165, 1.54) is 0 Å². The van der Waals surface area contributed by atoms with E-state index in [0.717, 1.165) is 6.42 Å². The van der Waals surface area contributed by atoms with Crippen molar-refractivity contribution in [3.63, 3.8) is 0 Å². The van der Waals surface area contributed by atoms with Gasteiger partial charge >= 0.3 is 5.97 Å². The predicted octanol–water partition coefficient (Wildman–Crippen LogP) is 1.48. The van der Waals surface area contributed by atoms with E-state index in [2.05, 4.69) is 5.10 Å². The Labute approximate surface area is 106 Å². The average Bonchev–Trinajstić information content (AvgIpc) is 2.95. The normalized spacial score (nSPS) is 23.5. The van der Waals surface area contributed by atoms with Gasteiger partial charge in [-0.2, -0.15) is 5.10 Å². The minimum absolute atomic E-state index is 0.145. The number of carbonyl (C=O) groups is 1. The summed E-state index contributed by atoms with van der Waals surface area (Å²) in [6, 6.07) is 0.293. The Morgan fingerprint density at radius 1 is 1.67 bits per heavy atom. The van der Waals surface area contributed by atoms with E-state index in [9.17, 15) is 4.79 Å². The van der Waals surface area contributed by atoms with Gasteiger partial charge in [-0.15, -0.1) is 0 Å². The van der Waals surface area contributed by atoms with Gasteiger partial charge in [0.2, 0.25) is 0 Å². The lowest BCUT2D eigenvalue weighted by molar-refractivity contribution is -0.149. The second kappa shape index (κ2) is 5.39. The largest absolute Gasteiger partial charge is 0.488 e. The van der Waals surface area contributed by atoms with E-state index in [4.69, 9.17) is 14.6 Å². The minimum Gasteiger partial charge on any atom is -0.488 e. The molecule has 18 heavy (non-hydrogen) atoms. The van der Waals surface area contributed by atoms with Gasteiger partial charge in [-0.05, 0) is 26.7 Å². The van der Waals surface area contributed by atoms with Gasteiger partial charge in [0.15, 0.2) is 11.9 Å². The van der Waals surface area contributed by atoms with Crippen LogP contribution < -0.4 is 4.74 Å². The summed E-state index contributed by atoms with van der Waals surface area (Å²) >= 11 is 0. The van der Waals surface area contributed by atoms with Gasteiger partial charge in [0, 0.05) is 6.04 Å². The zero-order valence-corrected chi connectivity index (χ0v) is 10.6. The van der Waals surface area contributed by atoms with Gasteiger partial charge < -0.3 is 14.6 Å². The summed E-state index contributed by atoms with van der Waals surface area (Å²) in [4.78, 5) is 10.7. The van der Waals surface area contributed by atoms with Gasteiger partial charge in [-0.3, -0.25) is 4.68 Å². The molecule has 0 radical (unpaired) electrons. The second-order valence-electron chi connectivity index (χ2n) is 4.72. The highest BCUT2D eigenvalue weighted by molar-refractivity contribution is 5.72. The first-order chi connectivity index (χ1) is 8.56. The van der Waals surface area contributed by atoms with Crippen molar-refractivity contribution in [2.75, 3.05) is 6.61 Å². The van der Waals surface area contributed by atoms with Crippen LogP contribution in [0.3, 0.4) is 0 Å². The molecule has 2 unspecified atom stereocenters. The van der Waals surface area contributed by atoms with Crippen LogP contribution in [0.1, 0.15) is 32.7 Å². The molecule has 6 nitrogen and oxygen atoms in total. The van der Waals surface area contributed by atoms with Crippen LogP contribution in [0, 0.1) is 0 Å². The molecule has 1 fully saturated rings. The molecule has 6 heteroatoms. The number of carboxylic acid groups (broad SMARTS) is 1. The number of ether oxygens (including phenoxy) is 2. The van der Waals surface area contributed by atoms with Crippen LogP contribution in [0.15, 0.2) is 12.4 Å². The molecule has 2 heterocycles. The molecule has 0 spiro atoms. The fourth-order valence-corrected chi connectivity index (χ4v) is 1.88. The SMILES string of the molecule is CC(C)n1cc(OCC2CCC(C(=O)O)O2)cn1. The van der Waals surface area contributed by atoms with E-state index in [-0.39, 0.29) is 6.10 Å². The number of aromatic nitrogens is 2. The number of hydrogen-bond donors (Lipinski definition) is 1. The van der Waals surface area contributed by atoms with Crippen molar-refractivity contribution in [2.45, 2.75) is 44.9 Å². The maximum Gasteiger partial charge on any atom is 0.332 e. The average molecular weight is 254 g/mol. The van der Waals surface area contributed by atoms with Crippen LogP contribution in [0.25, 0.3) is 0 Å². The van der Waals surface area contributed by atoms with Gasteiger partial charge in [0.05, 0.1) is 18.5 Å². The summed E-state index contributed by atoms with van der Waals surface area (Å²) in [5, 5.41) is 13.0. The number of rotatable bonds is 5. The van der Waals surface area contributed by atoms with Crippen molar-refractivity contribution in [1.29, 1.82) is 0 Å². The molecule has 0 amide bonds. The Bertz CT molecular complexity index is 416. The lowest BCUT2D eigenvalue weighted by Crippen LogP contribution is -2.23. The molecule has 1 aromatic heterocycles. The maximum absolute atomic E-state index is 10.7. The van der Waals surface area contributed by atoms with Gasteiger partial charge in [-0.25, -0.2) is 4.79 Å². The standard InChI is InChI=1S/C12H18N2O4/c1-8(2)14-6-10(5-13-14)17-7-9-3-4-11(18-9)12(15)16/h5-6,8-9,11H,3-4,7H2,1-2H3,(H,15,16). The topological polar surface area (TPSA) is 73.6 Å². The molecule has 100 valence electrons. The molecular weight excluding hydrogens is 236 g/mol. The van der Waals surface area contributed by atoms with Crippen molar-refractivity contribution in [3.8, 4) is 5.75 Å². The van der Waals surface area contributed by atoms with Gasteiger partial charge in [-0.1, -0.05) is 0 Å². The zero-order valence-electron chi connectivity index (χ0n) is 10.6. The van der Waals surface area contributed by atoms with Crippen molar-refractivity contribution >= 4 is 5.97 Å². The van der Waals surface area contributed by atoms with Gasteiger partial charge in [0.1, 0.15) is 6.61 Å². The first-order valence-electron chi connectivity index (χ1n) is 6.11. The lowest BCUT2D eigenvalue weighted by Gasteiger charge is -2.11. The van der Waals surface area contributed by atoms with Crippen molar-refractivity contribution in [2.24, 2.45) is 0 Å². The first-order valence-corrected chi connectivity index (χ1v) is 6.11. The Morgan fingerprint density at radius 3 is 3.00 bits per heavy atom. The molecule has 1 aliphatic heterocycles. The van der Waals surface area contributed by atoms with E-state index in [1.54, 1.807) is 6.20 Å². The summed E-state index contributed by atoms with van der Waals surface area (Å²) in [5.74, 6) is -0.212. The Hall–Kier alpha value is -1.56. The second-order valence-corrected chi connectivity index (χ2v) is 4.72. The van der Waals surface area contributed by atoms with Crippen molar-refractivity contribution < 1.29 is 19.4 Å². The smallest absolute Gasteiger partial charge is 0.332 e. The molecule has 1 aliphatic rings. The molecule has 1 aromatic rings. The van der Waals surface area contributed by atoms with E-state index in [0.29, 0.717) is 24.8 Å². The van der Waals surface area contributed by atoms with Crippen molar-refractivity contribution in [1.82, 2.24) is 9.78 Å². The first kappa shape index (κ1) is 12.9. The van der Waals surface area contributed by atoms with Gasteiger partial charge in [0.25, 0.3) is 0 Å². The molecule has 1 N–H and O–H groups in total. The summed E-state index contributed by atoms with van der Waals surface area (Å²) in [6.07, 6.45) is 3.92. The third kappa shape index (κ3) is 3.01. The number of nitrogens with zero attached hydrogens (tertiary/aromatic N) is 2. The molecule has 1 saturated heterocycles. The summed E-state index contributed by atoms with van der Waals surface area (Å²) in [6.45, 7) is 4.44. The molecular formula is C12H18N2O4. The highest BCUT2D eigenvalue weighted by Gasteiger charge is 2.30. The van der Waals surface area contributed by atoms with Crippen LogP contribution in [0.4, 0.5) is 0 Å². The summed E-state index contributed by atoms with van der Waals surface area (Å²) in [7, 11) is 0. The highest BCUT2D eigenvalue weighted by Crippen LogP contribution is 2.21. The van der Waals surface area contributed by atoms with Crippen molar-refractivity contribution in [3.05, 3.63) is 12.4 Å². The third-order valence-corrected chi connectivity index (χ3v) is 2.93. The molecule has 0 saturated carbocycles. The minimum atomic E-state index is -0.898. The Balaban J connectivity index is 1.80. The number of hydrogen-bond acceptors (Lipinski definition) is 4. The van der Waals surface area contributed by atoms with Crippen LogP contribution in [0.2, 0.25) is 0 Å². The van der Waals surface area contributed by atoms with E-state index < -0.39 is 12.1 Å². The van der Waals surface area contributed by atoms with Crippen LogP contribution in [0.5, 0.6) is 5.75 Å². The Morgan fingerprint density at radius 2 is 2.44 bits per heavy atom. The lowest BCUT2D eigenvalue weighted by atomic mass is 10.2.